The molecule has 0 spiro atoms. The highest BCUT2D eigenvalue weighted by Crippen LogP contribution is 2.36. The second kappa shape index (κ2) is 10.7. The van der Waals surface area contributed by atoms with E-state index < -0.39 is 11.9 Å². The van der Waals surface area contributed by atoms with Gasteiger partial charge in [0.05, 0.1) is 44.3 Å². The van der Waals surface area contributed by atoms with Crippen molar-refractivity contribution in [2.75, 3.05) is 40.0 Å². The van der Waals surface area contributed by atoms with E-state index in [9.17, 15) is 10.2 Å². The molecule has 7 nitrogen and oxygen atoms in total. The summed E-state index contributed by atoms with van der Waals surface area (Å²) in [5.74, 6) is 0.967. The SMILES string of the molecule is C=CCOC(=O)C1=C(C)NC(=S)C(=C=[N-])C1c1ccoc1.C[NH+]1CCOCC1. The number of nitrogens with zero attached hydrogens (tertiary/aromatic N) is 1. The predicted octanol–water partition coefficient (Wildman–Crippen LogP) is 0.994. The maximum absolute atomic E-state index is 12.3. The Morgan fingerprint density at radius 3 is 2.75 bits per heavy atom. The van der Waals surface area contributed by atoms with E-state index >= 15 is 0 Å². The van der Waals surface area contributed by atoms with E-state index in [1.165, 1.54) is 31.7 Å². The lowest BCUT2D eigenvalue weighted by atomic mass is 9.83. The van der Waals surface area contributed by atoms with Crippen LogP contribution in [0.15, 0.2) is 52.5 Å². The molecule has 0 radical (unpaired) electrons. The van der Waals surface area contributed by atoms with Gasteiger partial charge in [0.1, 0.15) is 24.7 Å². The predicted molar refractivity (Wildman–Crippen MR) is 110 cm³/mol. The number of hydrogen-bond donors (Lipinski definition) is 2. The standard InChI is InChI=1S/C15H13N2O3S.C5H11NO/c1-3-5-20-15(18)12-9(2)17-14(21)11(7-16)13(12)10-4-6-19-8-10;1-6-2-4-7-5-3-6/h3-4,6,8,13H,1,5H2,2H3,(H,17,21);2-5H2,1H3/q-1;/p+1. The summed E-state index contributed by atoms with van der Waals surface area (Å²) >= 11 is 5.18. The zero-order valence-corrected chi connectivity index (χ0v) is 16.9. The molecule has 8 heteroatoms. The van der Waals surface area contributed by atoms with E-state index in [2.05, 4.69) is 24.8 Å². The van der Waals surface area contributed by atoms with Crippen LogP contribution >= 0.6 is 12.2 Å². The Bertz CT molecular complexity index is 788. The molecule has 1 aromatic heterocycles. The van der Waals surface area contributed by atoms with Crippen molar-refractivity contribution < 1.29 is 23.6 Å². The van der Waals surface area contributed by atoms with Gasteiger partial charge in [-0.1, -0.05) is 24.9 Å². The summed E-state index contributed by atoms with van der Waals surface area (Å²) in [6.07, 6.45) is 4.46. The maximum atomic E-state index is 12.3. The van der Waals surface area contributed by atoms with Crippen LogP contribution in [0.5, 0.6) is 0 Å². The maximum Gasteiger partial charge on any atom is 0.337 e. The minimum Gasteiger partial charge on any atom is -0.763 e. The van der Waals surface area contributed by atoms with E-state index in [0.29, 0.717) is 27.4 Å². The number of furan rings is 1. The Kier molecular flexibility index (Phi) is 8.35. The van der Waals surface area contributed by atoms with Crippen LogP contribution in [0.1, 0.15) is 18.4 Å². The molecule has 0 aromatic carbocycles. The normalized spacial score (nSPS) is 19.9. The van der Waals surface area contributed by atoms with Crippen LogP contribution in [-0.2, 0) is 14.3 Å². The number of ether oxygens (including phenoxy) is 2. The topological polar surface area (TPSA) is 87.4 Å². The Balaban J connectivity index is 0.000000336. The fourth-order valence-corrected chi connectivity index (χ4v) is 3.20. The number of rotatable bonds is 4. The molecule has 1 fully saturated rings. The van der Waals surface area contributed by atoms with Gasteiger partial charge < -0.3 is 29.5 Å². The molecule has 1 atom stereocenters. The van der Waals surface area contributed by atoms with Gasteiger partial charge in [0.15, 0.2) is 0 Å². The molecule has 2 aliphatic heterocycles. The van der Waals surface area contributed by atoms with E-state index in [1.54, 1.807) is 17.9 Å². The molecular weight excluding hydrogens is 378 g/mol. The summed E-state index contributed by atoms with van der Waals surface area (Å²) in [4.78, 5) is 14.2. The molecule has 1 saturated heterocycles. The first-order valence-corrected chi connectivity index (χ1v) is 9.38. The largest absolute Gasteiger partial charge is 0.763 e. The highest BCUT2D eigenvalue weighted by molar-refractivity contribution is 7.80. The molecule has 0 bridgehead atoms. The Morgan fingerprint density at radius 1 is 1.54 bits per heavy atom. The molecule has 3 heterocycles. The zero-order valence-electron chi connectivity index (χ0n) is 16.1. The lowest BCUT2D eigenvalue weighted by Gasteiger charge is -2.29. The average molecular weight is 404 g/mol. The number of morpholine rings is 1. The third kappa shape index (κ3) is 5.50. The smallest absolute Gasteiger partial charge is 0.337 e. The second-order valence-corrected chi connectivity index (χ2v) is 6.87. The number of esters is 1. The van der Waals surface area contributed by atoms with Crippen molar-refractivity contribution in [1.29, 1.82) is 0 Å². The van der Waals surface area contributed by atoms with Gasteiger partial charge in [-0.15, -0.1) is 0 Å². The van der Waals surface area contributed by atoms with Crippen molar-refractivity contribution in [2.45, 2.75) is 12.8 Å². The van der Waals surface area contributed by atoms with Gasteiger partial charge in [-0.25, -0.2) is 4.79 Å². The van der Waals surface area contributed by atoms with Gasteiger partial charge in [0.2, 0.25) is 0 Å². The summed E-state index contributed by atoms with van der Waals surface area (Å²) in [7, 11) is 2.20. The summed E-state index contributed by atoms with van der Waals surface area (Å²) in [6.45, 7) is 9.59. The number of quaternary nitrogens is 1. The summed E-state index contributed by atoms with van der Waals surface area (Å²) in [5, 5.41) is 12.2. The number of nitrogens with one attached hydrogen (secondary N) is 2. The van der Waals surface area contributed by atoms with Crippen molar-refractivity contribution in [3.8, 4) is 0 Å². The Hall–Kier alpha value is -2.51. The third-order valence-corrected chi connectivity index (χ3v) is 4.74. The van der Waals surface area contributed by atoms with E-state index in [0.717, 1.165) is 13.2 Å². The van der Waals surface area contributed by atoms with Crippen LogP contribution < -0.4 is 10.2 Å². The lowest BCUT2D eigenvalue weighted by molar-refractivity contribution is -0.888. The van der Waals surface area contributed by atoms with Crippen LogP contribution in [0.3, 0.4) is 0 Å². The molecule has 1 aromatic rings. The first kappa shape index (κ1) is 21.8. The molecule has 0 aliphatic carbocycles. The Morgan fingerprint density at radius 2 is 2.25 bits per heavy atom. The fraction of sp³-hybridized carbons (Fsp3) is 0.400. The number of carbonyl (C=O) groups is 1. The van der Waals surface area contributed by atoms with Crippen molar-refractivity contribution in [3.05, 3.63) is 59.1 Å². The van der Waals surface area contributed by atoms with Gasteiger partial charge in [0.25, 0.3) is 0 Å². The van der Waals surface area contributed by atoms with Gasteiger partial charge in [0, 0.05) is 16.8 Å². The van der Waals surface area contributed by atoms with Crippen molar-refractivity contribution in [2.24, 2.45) is 0 Å². The van der Waals surface area contributed by atoms with E-state index in [1.807, 2.05) is 0 Å². The minimum atomic E-state index is -0.584. The fourth-order valence-electron chi connectivity index (χ4n) is 2.89. The third-order valence-electron chi connectivity index (χ3n) is 4.42. The minimum absolute atomic E-state index is 0.0973. The van der Waals surface area contributed by atoms with Gasteiger partial charge in [-0.05, 0) is 13.0 Å². The van der Waals surface area contributed by atoms with Crippen LogP contribution in [0.2, 0.25) is 0 Å². The van der Waals surface area contributed by atoms with Gasteiger partial charge >= 0.3 is 5.97 Å². The quantitative estimate of drug-likeness (QED) is 0.256. The number of hydrogen-bond acceptors (Lipinski definition) is 5. The van der Waals surface area contributed by atoms with E-state index in [4.69, 9.17) is 26.1 Å². The number of likely N-dealkylation sites (N-methyl/N-ethyl adjacent to an activating group) is 1. The highest BCUT2D eigenvalue weighted by atomic mass is 32.1. The Labute approximate surface area is 170 Å². The van der Waals surface area contributed by atoms with Crippen LogP contribution in [0.25, 0.3) is 5.41 Å². The number of allylic oxidation sites excluding steroid dienone is 1. The van der Waals surface area contributed by atoms with Crippen molar-refractivity contribution in [1.82, 2.24) is 5.32 Å². The molecule has 150 valence electrons. The van der Waals surface area contributed by atoms with E-state index in [-0.39, 0.29) is 6.61 Å². The molecule has 3 rings (SSSR count). The molecule has 2 N–H and O–H groups in total. The van der Waals surface area contributed by atoms with Crippen molar-refractivity contribution >= 4 is 29.0 Å². The molecule has 2 aliphatic rings. The average Bonchev–Trinajstić information content (AvgIpc) is 3.21. The molecule has 0 saturated carbocycles. The molecular formula is C20H25N3O4S. The van der Waals surface area contributed by atoms with Crippen LogP contribution in [0, 0.1) is 0 Å². The summed E-state index contributed by atoms with van der Waals surface area (Å²) in [5.41, 5.74) is 1.89. The summed E-state index contributed by atoms with van der Waals surface area (Å²) in [6, 6.07) is 1.70. The first-order chi connectivity index (χ1) is 13.5. The van der Waals surface area contributed by atoms with Crippen molar-refractivity contribution in [3.63, 3.8) is 0 Å². The monoisotopic (exact) mass is 403 g/mol. The lowest BCUT2D eigenvalue weighted by Crippen LogP contribution is -3.11. The van der Waals surface area contributed by atoms with Crippen LogP contribution in [0.4, 0.5) is 0 Å². The molecule has 28 heavy (non-hydrogen) atoms. The summed E-state index contributed by atoms with van der Waals surface area (Å²) < 4.78 is 15.3. The van der Waals surface area contributed by atoms with Gasteiger partial charge in [-0.3, -0.25) is 5.87 Å². The zero-order chi connectivity index (χ0) is 20.5. The highest BCUT2D eigenvalue weighted by Gasteiger charge is 2.35. The van der Waals surface area contributed by atoms with Gasteiger partial charge in [-0.2, -0.15) is 0 Å². The number of thiocarbonyl (C=S) groups is 1. The number of carbonyl (C=O) groups excluding carboxylic acids is 1. The molecule has 0 amide bonds. The first-order valence-electron chi connectivity index (χ1n) is 8.97. The second-order valence-electron chi connectivity index (χ2n) is 6.46. The van der Waals surface area contributed by atoms with Crippen LogP contribution in [-0.4, -0.2) is 56.8 Å². The molecule has 1 unspecified atom stereocenters.